The largest absolute Gasteiger partial charge is 0.377 e. The highest BCUT2D eigenvalue weighted by atomic mass is 16.3. The van der Waals surface area contributed by atoms with Gasteiger partial charge in [0.05, 0.1) is 0 Å². The number of likely N-dealkylation sites (tertiary alicyclic amines) is 2. The van der Waals surface area contributed by atoms with Crippen molar-refractivity contribution in [3.05, 3.63) is 0 Å². The van der Waals surface area contributed by atoms with Gasteiger partial charge in [-0.1, -0.05) is 25.7 Å². The van der Waals surface area contributed by atoms with Gasteiger partial charge >= 0.3 is 0 Å². The minimum atomic E-state index is -0.991. The molecule has 6 unspecified atom stereocenters. The van der Waals surface area contributed by atoms with E-state index in [2.05, 4.69) is 61.4 Å². The highest BCUT2D eigenvalue weighted by Crippen LogP contribution is 2.31. The number of hydrogen-bond donors (Lipinski definition) is 2. The van der Waals surface area contributed by atoms with Crippen molar-refractivity contribution in [3.63, 3.8) is 0 Å². The second-order valence-electron chi connectivity index (χ2n) is 8.14. The van der Waals surface area contributed by atoms with Crippen LogP contribution < -0.4 is 0 Å². The molecular weight excluding hydrogens is 300 g/mol. The molecule has 0 amide bonds. The average Bonchev–Trinajstić information content (AvgIpc) is 2.48. The topological polar surface area (TPSA) is 46.9 Å². The van der Waals surface area contributed by atoms with Crippen molar-refractivity contribution in [2.75, 3.05) is 27.2 Å². The van der Waals surface area contributed by atoms with E-state index in [4.69, 9.17) is 0 Å². The Morgan fingerprint density at radius 1 is 0.750 bits per heavy atom. The van der Waals surface area contributed by atoms with Gasteiger partial charge in [-0.05, 0) is 39.8 Å². The predicted molar refractivity (Wildman–Crippen MR) is 97.2 cm³/mol. The van der Waals surface area contributed by atoms with Gasteiger partial charge in [0.1, 0.15) is 11.2 Å². The molecule has 6 atom stereocenters. The van der Waals surface area contributed by atoms with E-state index in [1.165, 1.54) is 0 Å². The van der Waals surface area contributed by atoms with Gasteiger partial charge < -0.3 is 20.0 Å². The lowest BCUT2D eigenvalue weighted by atomic mass is 9.79. The fourth-order valence-corrected chi connectivity index (χ4v) is 3.77. The standard InChI is InChI=1S/C20H32N2O2/c1-15-13-21(5)17(3)11-19(15,23)9-7-8-10-20(24)12-18(4)22(6)14-16(20)2/h15-18,23-24H,11-14H2,1-6H3. The highest BCUT2D eigenvalue weighted by molar-refractivity contribution is 5.34. The van der Waals surface area contributed by atoms with Gasteiger partial charge in [-0.15, -0.1) is 0 Å². The van der Waals surface area contributed by atoms with Crippen molar-refractivity contribution >= 4 is 0 Å². The summed E-state index contributed by atoms with van der Waals surface area (Å²) in [6, 6.07) is 0.597. The van der Waals surface area contributed by atoms with Crippen LogP contribution >= 0.6 is 0 Å². The molecule has 2 heterocycles. The molecule has 134 valence electrons. The molecule has 2 N–H and O–H groups in total. The normalized spacial score (nSPS) is 44.2. The van der Waals surface area contributed by atoms with Gasteiger partial charge in [0, 0.05) is 49.9 Å². The fraction of sp³-hybridized carbons (Fsp3) is 0.800. The van der Waals surface area contributed by atoms with Crippen LogP contribution in [-0.2, 0) is 0 Å². The summed E-state index contributed by atoms with van der Waals surface area (Å²) in [6.07, 6.45) is 1.25. The van der Waals surface area contributed by atoms with Crippen molar-refractivity contribution in [1.29, 1.82) is 0 Å². The molecule has 0 aromatic heterocycles. The molecular formula is C20H32N2O2. The molecule has 2 aliphatic heterocycles. The zero-order valence-electron chi connectivity index (χ0n) is 15.9. The van der Waals surface area contributed by atoms with Crippen molar-refractivity contribution in [3.8, 4) is 23.7 Å². The van der Waals surface area contributed by atoms with Gasteiger partial charge in [0.25, 0.3) is 0 Å². The zero-order valence-corrected chi connectivity index (χ0v) is 15.9. The molecule has 24 heavy (non-hydrogen) atoms. The Labute approximate surface area is 147 Å². The van der Waals surface area contributed by atoms with E-state index in [0.717, 1.165) is 13.1 Å². The van der Waals surface area contributed by atoms with E-state index in [1.54, 1.807) is 0 Å². The molecule has 4 heteroatoms. The van der Waals surface area contributed by atoms with Crippen LogP contribution in [0.1, 0.15) is 40.5 Å². The Hall–Kier alpha value is -1.04. The lowest BCUT2D eigenvalue weighted by Crippen LogP contribution is -2.52. The first-order valence-corrected chi connectivity index (χ1v) is 8.97. The van der Waals surface area contributed by atoms with Gasteiger partial charge in [-0.25, -0.2) is 0 Å². The molecule has 2 aliphatic rings. The first kappa shape index (κ1) is 19.3. The lowest BCUT2D eigenvalue weighted by molar-refractivity contribution is -0.0352. The average molecular weight is 332 g/mol. The summed E-state index contributed by atoms with van der Waals surface area (Å²) >= 11 is 0. The molecule has 0 bridgehead atoms. The molecule has 0 aromatic carbocycles. The second kappa shape index (κ2) is 7.06. The highest BCUT2D eigenvalue weighted by Gasteiger charge is 2.41. The number of aliphatic hydroxyl groups is 2. The van der Waals surface area contributed by atoms with Crippen LogP contribution in [0.4, 0.5) is 0 Å². The SMILES string of the molecule is CC1CC(O)(C#CC#CC2(O)CC(C)N(C)CC2C)C(C)CN1C. The maximum Gasteiger partial charge on any atom is 0.131 e. The monoisotopic (exact) mass is 332 g/mol. The van der Waals surface area contributed by atoms with Crippen LogP contribution in [0, 0.1) is 35.5 Å². The smallest absolute Gasteiger partial charge is 0.131 e. The number of piperidine rings is 2. The second-order valence-corrected chi connectivity index (χ2v) is 8.14. The summed E-state index contributed by atoms with van der Waals surface area (Å²) in [4.78, 5) is 4.49. The third kappa shape index (κ3) is 3.95. The maximum absolute atomic E-state index is 10.8. The minimum absolute atomic E-state index is 0.0818. The van der Waals surface area contributed by atoms with Crippen molar-refractivity contribution in [2.24, 2.45) is 11.8 Å². The predicted octanol–water partition coefficient (Wildman–Crippen LogP) is 1.18. The number of rotatable bonds is 0. The maximum atomic E-state index is 10.8. The van der Waals surface area contributed by atoms with Crippen LogP contribution in [0.15, 0.2) is 0 Å². The Morgan fingerprint density at radius 2 is 1.08 bits per heavy atom. The van der Waals surface area contributed by atoms with Crippen molar-refractivity contribution < 1.29 is 10.2 Å². The van der Waals surface area contributed by atoms with Crippen molar-refractivity contribution in [1.82, 2.24) is 9.80 Å². The van der Waals surface area contributed by atoms with Gasteiger partial charge in [0.15, 0.2) is 0 Å². The molecule has 0 aliphatic carbocycles. The molecule has 0 aromatic rings. The van der Waals surface area contributed by atoms with Crippen LogP contribution in [0.2, 0.25) is 0 Å². The van der Waals surface area contributed by atoms with Crippen LogP contribution in [-0.4, -0.2) is 70.5 Å². The Kier molecular flexibility index (Phi) is 5.68. The zero-order chi connectivity index (χ0) is 18.1. The molecule has 0 spiro atoms. The lowest BCUT2D eigenvalue weighted by Gasteiger charge is -2.43. The summed E-state index contributed by atoms with van der Waals surface area (Å²) in [6.45, 7) is 9.91. The summed E-state index contributed by atoms with van der Waals surface area (Å²) in [5, 5.41) is 21.6. The summed E-state index contributed by atoms with van der Waals surface area (Å²) in [7, 11) is 4.15. The Bertz CT molecular complexity index is 532. The molecule has 2 saturated heterocycles. The molecule has 2 rings (SSSR count). The fourth-order valence-electron chi connectivity index (χ4n) is 3.77. The first-order chi connectivity index (χ1) is 11.1. The van der Waals surface area contributed by atoms with Crippen LogP contribution in [0.3, 0.4) is 0 Å². The van der Waals surface area contributed by atoms with E-state index in [9.17, 15) is 10.2 Å². The number of hydrogen-bond acceptors (Lipinski definition) is 4. The first-order valence-electron chi connectivity index (χ1n) is 8.97. The Balaban J connectivity index is 2.12. The summed E-state index contributed by atoms with van der Waals surface area (Å²) in [5.74, 6) is 11.8. The number of nitrogens with zero attached hydrogens (tertiary/aromatic N) is 2. The molecule has 0 saturated carbocycles. The van der Waals surface area contributed by atoms with E-state index in [0.29, 0.717) is 24.9 Å². The van der Waals surface area contributed by atoms with Crippen molar-refractivity contribution in [2.45, 2.75) is 63.8 Å². The van der Waals surface area contributed by atoms with Gasteiger partial charge in [0.2, 0.25) is 0 Å². The van der Waals surface area contributed by atoms with Gasteiger partial charge in [-0.3, -0.25) is 0 Å². The van der Waals surface area contributed by atoms with E-state index < -0.39 is 11.2 Å². The van der Waals surface area contributed by atoms with E-state index in [1.807, 2.05) is 13.8 Å². The third-order valence-electron chi connectivity index (χ3n) is 6.09. The summed E-state index contributed by atoms with van der Waals surface area (Å²) < 4.78 is 0. The molecule has 2 fully saturated rings. The van der Waals surface area contributed by atoms with Crippen LogP contribution in [0.25, 0.3) is 0 Å². The molecule has 0 radical (unpaired) electrons. The Morgan fingerprint density at radius 3 is 1.42 bits per heavy atom. The third-order valence-corrected chi connectivity index (χ3v) is 6.09. The van der Waals surface area contributed by atoms with E-state index >= 15 is 0 Å². The van der Waals surface area contributed by atoms with Gasteiger partial charge in [-0.2, -0.15) is 0 Å². The van der Waals surface area contributed by atoms with E-state index in [-0.39, 0.29) is 11.8 Å². The minimum Gasteiger partial charge on any atom is -0.377 e. The quantitative estimate of drug-likeness (QED) is 0.654. The van der Waals surface area contributed by atoms with Crippen LogP contribution in [0.5, 0.6) is 0 Å². The molecule has 4 nitrogen and oxygen atoms in total. The summed E-state index contributed by atoms with van der Waals surface area (Å²) in [5.41, 5.74) is -1.98.